The summed E-state index contributed by atoms with van der Waals surface area (Å²) in [6.07, 6.45) is 6.88. The third-order valence-electron chi connectivity index (χ3n) is 4.67. The Labute approximate surface area is 118 Å². The lowest BCUT2D eigenvalue weighted by atomic mass is 9.93. The maximum absolute atomic E-state index is 12.2. The normalized spacial score (nSPS) is 25.2. The van der Waals surface area contributed by atoms with Crippen LogP contribution in [0.4, 0.5) is 0 Å². The van der Waals surface area contributed by atoms with Crippen molar-refractivity contribution in [1.29, 1.82) is 0 Å². The van der Waals surface area contributed by atoms with E-state index in [-0.39, 0.29) is 0 Å². The molecule has 0 saturated carbocycles. The zero-order valence-corrected chi connectivity index (χ0v) is 12.7. The highest BCUT2D eigenvalue weighted by atomic mass is 16.2. The minimum Gasteiger partial charge on any atom is -0.342 e. The van der Waals surface area contributed by atoms with Crippen LogP contribution in [0.3, 0.4) is 0 Å². The fourth-order valence-electron chi connectivity index (χ4n) is 3.57. The SMILES string of the molecule is CC(C)CC1CCN(C(=O)CCC2CCNCC2)C1. The van der Waals surface area contributed by atoms with Gasteiger partial charge in [0.05, 0.1) is 0 Å². The Bertz CT molecular complexity index is 284. The van der Waals surface area contributed by atoms with Crippen LogP contribution in [0.15, 0.2) is 0 Å². The maximum atomic E-state index is 12.2. The maximum Gasteiger partial charge on any atom is 0.222 e. The summed E-state index contributed by atoms with van der Waals surface area (Å²) in [6, 6.07) is 0. The van der Waals surface area contributed by atoms with Crippen molar-refractivity contribution in [1.82, 2.24) is 10.2 Å². The largest absolute Gasteiger partial charge is 0.342 e. The second-order valence-electron chi connectivity index (χ2n) is 6.86. The van der Waals surface area contributed by atoms with Crippen molar-refractivity contribution in [2.24, 2.45) is 17.8 Å². The molecule has 2 fully saturated rings. The zero-order chi connectivity index (χ0) is 13.7. The first kappa shape index (κ1) is 14.8. The standard InChI is InChI=1S/C16H30N2O/c1-13(2)11-15-7-10-18(12-15)16(19)4-3-14-5-8-17-9-6-14/h13-15,17H,3-12H2,1-2H3. The van der Waals surface area contributed by atoms with Crippen LogP contribution < -0.4 is 5.32 Å². The fraction of sp³-hybridized carbons (Fsp3) is 0.938. The van der Waals surface area contributed by atoms with Crippen LogP contribution in [0.5, 0.6) is 0 Å². The molecule has 0 aromatic carbocycles. The third kappa shape index (κ3) is 4.79. The first-order chi connectivity index (χ1) is 9.15. The van der Waals surface area contributed by atoms with Gasteiger partial charge >= 0.3 is 0 Å². The monoisotopic (exact) mass is 266 g/mol. The summed E-state index contributed by atoms with van der Waals surface area (Å²) >= 11 is 0. The van der Waals surface area contributed by atoms with Gasteiger partial charge in [-0.15, -0.1) is 0 Å². The number of rotatable bonds is 5. The van der Waals surface area contributed by atoms with Crippen molar-refractivity contribution in [2.75, 3.05) is 26.2 Å². The highest BCUT2D eigenvalue weighted by molar-refractivity contribution is 5.76. The van der Waals surface area contributed by atoms with Gasteiger partial charge in [-0.2, -0.15) is 0 Å². The quantitative estimate of drug-likeness (QED) is 0.829. The van der Waals surface area contributed by atoms with Crippen LogP contribution in [0.1, 0.15) is 52.4 Å². The molecule has 2 aliphatic rings. The molecule has 0 aromatic heterocycles. The van der Waals surface area contributed by atoms with Gasteiger partial charge in [0.2, 0.25) is 5.91 Å². The predicted molar refractivity (Wildman–Crippen MR) is 79.0 cm³/mol. The van der Waals surface area contributed by atoms with E-state index in [9.17, 15) is 4.79 Å². The molecule has 0 bridgehead atoms. The highest BCUT2D eigenvalue weighted by Gasteiger charge is 2.26. The number of likely N-dealkylation sites (tertiary alicyclic amines) is 1. The van der Waals surface area contributed by atoms with Gasteiger partial charge in [-0.25, -0.2) is 0 Å². The third-order valence-corrected chi connectivity index (χ3v) is 4.67. The van der Waals surface area contributed by atoms with E-state index in [1.54, 1.807) is 0 Å². The van der Waals surface area contributed by atoms with Crippen LogP contribution in [0.2, 0.25) is 0 Å². The fourth-order valence-corrected chi connectivity index (χ4v) is 3.57. The summed E-state index contributed by atoms with van der Waals surface area (Å²) in [5.41, 5.74) is 0. The minimum atomic E-state index is 0.407. The van der Waals surface area contributed by atoms with Crippen molar-refractivity contribution < 1.29 is 4.79 Å². The van der Waals surface area contributed by atoms with E-state index >= 15 is 0 Å². The molecular weight excluding hydrogens is 236 g/mol. The molecule has 0 radical (unpaired) electrons. The molecule has 2 aliphatic heterocycles. The molecule has 2 heterocycles. The Kier molecular flexibility index (Phi) is 5.68. The highest BCUT2D eigenvalue weighted by Crippen LogP contribution is 2.25. The summed E-state index contributed by atoms with van der Waals surface area (Å²) in [6.45, 7) is 8.85. The number of hydrogen-bond acceptors (Lipinski definition) is 2. The molecular formula is C16H30N2O. The first-order valence-corrected chi connectivity index (χ1v) is 8.13. The molecule has 0 spiro atoms. The Morgan fingerprint density at radius 1 is 1.21 bits per heavy atom. The average molecular weight is 266 g/mol. The predicted octanol–water partition coefficient (Wildman–Crippen LogP) is 2.66. The van der Waals surface area contributed by atoms with Crippen molar-refractivity contribution in [3.63, 3.8) is 0 Å². The molecule has 1 N–H and O–H groups in total. The van der Waals surface area contributed by atoms with E-state index in [2.05, 4.69) is 24.1 Å². The summed E-state index contributed by atoms with van der Waals surface area (Å²) in [5, 5.41) is 3.39. The van der Waals surface area contributed by atoms with E-state index in [4.69, 9.17) is 0 Å². The number of amides is 1. The second kappa shape index (κ2) is 7.28. The summed E-state index contributed by atoms with van der Waals surface area (Å²) in [5.74, 6) is 2.70. The van der Waals surface area contributed by atoms with Gasteiger partial charge in [-0.05, 0) is 62.9 Å². The van der Waals surface area contributed by atoms with Crippen molar-refractivity contribution >= 4 is 5.91 Å². The molecule has 1 amide bonds. The molecule has 3 nitrogen and oxygen atoms in total. The van der Waals surface area contributed by atoms with Gasteiger partial charge in [0.15, 0.2) is 0 Å². The second-order valence-corrected chi connectivity index (χ2v) is 6.86. The summed E-state index contributed by atoms with van der Waals surface area (Å²) in [4.78, 5) is 14.3. The molecule has 1 atom stereocenters. The molecule has 2 rings (SSSR count). The number of nitrogens with zero attached hydrogens (tertiary/aromatic N) is 1. The lowest BCUT2D eigenvalue weighted by molar-refractivity contribution is -0.130. The van der Waals surface area contributed by atoms with Gasteiger partial charge in [-0.3, -0.25) is 4.79 Å². The van der Waals surface area contributed by atoms with Gasteiger partial charge in [0.25, 0.3) is 0 Å². The number of piperidine rings is 1. The van der Waals surface area contributed by atoms with Gasteiger partial charge in [0, 0.05) is 19.5 Å². The minimum absolute atomic E-state index is 0.407. The van der Waals surface area contributed by atoms with E-state index in [1.165, 1.54) is 25.7 Å². The van der Waals surface area contributed by atoms with E-state index in [1.807, 2.05) is 0 Å². The molecule has 1 unspecified atom stereocenters. The molecule has 2 saturated heterocycles. The number of carbonyl (C=O) groups is 1. The van der Waals surface area contributed by atoms with Crippen LogP contribution >= 0.6 is 0 Å². The van der Waals surface area contributed by atoms with Crippen LogP contribution in [0.25, 0.3) is 0 Å². The topological polar surface area (TPSA) is 32.3 Å². The number of nitrogens with one attached hydrogen (secondary N) is 1. The van der Waals surface area contributed by atoms with Crippen molar-refractivity contribution in [3.05, 3.63) is 0 Å². The van der Waals surface area contributed by atoms with Crippen LogP contribution in [0, 0.1) is 17.8 Å². The van der Waals surface area contributed by atoms with Crippen molar-refractivity contribution in [2.45, 2.75) is 52.4 Å². The number of carbonyl (C=O) groups excluding carboxylic acids is 1. The van der Waals surface area contributed by atoms with E-state index < -0.39 is 0 Å². The molecule has 19 heavy (non-hydrogen) atoms. The van der Waals surface area contributed by atoms with Gasteiger partial charge in [0.1, 0.15) is 0 Å². The summed E-state index contributed by atoms with van der Waals surface area (Å²) < 4.78 is 0. The Morgan fingerprint density at radius 2 is 1.95 bits per heavy atom. The first-order valence-electron chi connectivity index (χ1n) is 8.13. The number of hydrogen-bond donors (Lipinski definition) is 1. The molecule has 3 heteroatoms. The lowest BCUT2D eigenvalue weighted by Gasteiger charge is -2.23. The molecule has 0 aliphatic carbocycles. The van der Waals surface area contributed by atoms with Crippen LogP contribution in [-0.4, -0.2) is 37.0 Å². The lowest BCUT2D eigenvalue weighted by Crippen LogP contribution is -2.31. The van der Waals surface area contributed by atoms with Gasteiger partial charge < -0.3 is 10.2 Å². The van der Waals surface area contributed by atoms with E-state index in [0.717, 1.165) is 56.8 Å². The Hall–Kier alpha value is -0.570. The smallest absolute Gasteiger partial charge is 0.222 e. The Morgan fingerprint density at radius 3 is 2.63 bits per heavy atom. The van der Waals surface area contributed by atoms with Gasteiger partial charge in [-0.1, -0.05) is 13.8 Å². The van der Waals surface area contributed by atoms with Crippen LogP contribution in [-0.2, 0) is 4.79 Å². The van der Waals surface area contributed by atoms with E-state index in [0.29, 0.717) is 5.91 Å². The summed E-state index contributed by atoms with van der Waals surface area (Å²) in [7, 11) is 0. The van der Waals surface area contributed by atoms with Crippen molar-refractivity contribution in [3.8, 4) is 0 Å². The molecule has 0 aromatic rings. The average Bonchev–Trinajstić information content (AvgIpc) is 2.85. The Balaban J connectivity index is 1.66. The zero-order valence-electron chi connectivity index (χ0n) is 12.7. The molecule has 110 valence electrons.